The Balaban J connectivity index is 1.37. The zero-order chi connectivity index (χ0) is 22.0. The molecule has 1 saturated heterocycles. The molecular weight excluding hydrogens is 386 g/mol. The second-order valence-corrected chi connectivity index (χ2v) is 9.62. The fraction of sp³-hybridized carbons (Fsp3) is 0.462. The summed E-state index contributed by atoms with van der Waals surface area (Å²) in [6.45, 7) is 8.98. The summed E-state index contributed by atoms with van der Waals surface area (Å²) in [5, 5.41) is 0. The molecule has 0 spiro atoms. The molecule has 5 heteroatoms. The van der Waals surface area contributed by atoms with Crippen LogP contribution in [0.3, 0.4) is 0 Å². The maximum absolute atomic E-state index is 12.1. The molecular formula is C26H33N3O2. The molecule has 1 aliphatic heterocycles. The number of likely N-dealkylation sites (N-methyl/N-ethyl adjacent to an activating group) is 1. The van der Waals surface area contributed by atoms with Crippen molar-refractivity contribution < 1.29 is 9.53 Å². The minimum Gasteiger partial charge on any atom is -0.494 e. The normalized spacial score (nSPS) is 17.0. The molecule has 0 radical (unpaired) electrons. The van der Waals surface area contributed by atoms with Crippen LogP contribution in [0.25, 0.3) is 11.0 Å². The molecule has 2 aromatic carbocycles. The number of aromatic nitrogens is 2. The van der Waals surface area contributed by atoms with E-state index in [0.29, 0.717) is 13.0 Å². The maximum atomic E-state index is 12.1. The highest BCUT2D eigenvalue weighted by Gasteiger charge is 2.31. The quantitative estimate of drug-likeness (QED) is 0.498. The van der Waals surface area contributed by atoms with E-state index in [1.165, 1.54) is 5.56 Å². The van der Waals surface area contributed by atoms with Crippen LogP contribution in [-0.2, 0) is 16.8 Å². The van der Waals surface area contributed by atoms with Crippen LogP contribution in [0, 0.1) is 0 Å². The van der Waals surface area contributed by atoms with Crippen molar-refractivity contribution in [2.75, 3.05) is 20.2 Å². The molecule has 2 heterocycles. The molecule has 0 saturated carbocycles. The summed E-state index contributed by atoms with van der Waals surface area (Å²) in [7, 11) is 1.88. The Hall–Kier alpha value is -2.82. The molecule has 3 aromatic rings. The molecule has 1 atom stereocenters. The van der Waals surface area contributed by atoms with Crippen molar-refractivity contribution in [2.24, 2.45) is 0 Å². The van der Waals surface area contributed by atoms with Gasteiger partial charge in [-0.1, -0.05) is 45.0 Å². The van der Waals surface area contributed by atoms with Crippen molar-refractivity contribution in [3.8, 4) is 5.75 Å². The third-order valence-corrected chi connectivity index (χ3v) is 6.16. The predicted molar refractivity (Wildman–Crippen MR) is 125 cm³/mol. The van der Waals surface area contributed by atoms with E-state index in [1.54, 1.807) is 0 Å². The number of nitrogens with zero attached hydrogens (tertiary/aromatic N) is 3. The number of rotatable bonds is 7. The lowest BCUT2D eigenvalue weighted by Crippen LogP contribution is -2.19. The van der Waals surface area contributed by atoms with Crippen LogP contribution in [0.1, 0.15) is 57.3 Å². The zero-order valence-corrected chi connectivity index (χ0v) is 19.1. The molecule has 5 nitrogen and oxygen atoms in total. The van der Waals surface area contributed by atoms with Crippen LogP contribution >= 0.6 is 0 Å². The van der Waals surface area contributed by atoms with Gasteiger partial charge in [-0.25, -0.2) is 4.98 Å². The number of benzene rings is 2. The van der Waals surface area contributed by atoms with Crippen molar-refractivity contribution >= 4 is 16.9 Å². The summed E-state index contributed by atoms with van der Waals surface area (Å²) in [5.74, 6) is 2.34. The number of aryl methyl sites for hydroxylation is 1. The second kappa shape index (κ2) is 8.74. The number of carbonyl (C=O) groups excluding carboxylic acids is 1. The number of likely N-dealkylation sites (tertiary alicyclic amines) is 1. The summed E-state index contributed by atoms with van der Waals surface area (Å²) in [5.41, 5.74) is 3.63. The van der Waals surface area contributed by atoms with E-state index < -0.39 is 0 Å². The van der Waals surface area contributed by atoms with Crippen LogP contribution in [0.15, 0.2) is 48.5 Å². The number of amides is 1. The highest BCUT2D eigenvalue weighted by Crippen LogP contribution is 2.30. The Morgan fingerprint density at radius 3 is 2.48 bits per heavy atom. The molecule has 0 N–H and O–H groups in total. The second-order valence-electron chi connectivity index (χ2n) is 9.62. The number of imidazole rings is 1. The van der Waals surface area contributed by atoms with E-state index in [4.69, 9.17) is 9.72 Å². The van der Waals surface area contributed by atoms with Gasteiger partial charge in [-0.2, -0.15) is 0 Å². The Kier molecular flexibility index (Phi) is 6.03. The summed E-state index contributed by atoms with van der Waals surface area (Å²) in [6, 6.07) is 16.7. The third-order valence-electron chi connectivity index (χ3n) is 6.16. The first-order valence-corrected chi connectivity index (χ1v) is 11.3. The van der Waals surface area contributed by atoms with Crippen LogP contribution in [0.2, 0.25) is 0 Å². The van der Waals surface area contributed by atoms with E-state index >= 15 is 0 Å². The van der Waals surface area contributed by atoms with E-state index in [0.717, 1.165) is 48.5 Å². The van der Waals surface area contributed by atoms with Crippen LogP contribution in [0.5, 0.6) is 5.75 Å². The average Bonchev–Trinajstić information content (AvgIpc) is 3.27. The number of para-hydroxylation sites is 2. The van der Waals surface area contributed by atoms with Gasteiger partial charge in [-0.3, -0.25) is 4.79 Å². The highest BCUT2D eigenvalue weighted by molar-refractivity contribution is 5.80. The largest absolute Gasteiger partial charge is 0.494 e. The molecule has 164 valence electrons. The van der Waals surface area contributed by atoms with Crippen LogP contribution < -0.4 is 4.74 Å². The highest BCUT2D eigenvalue weighted by atomic mass is 16.5. The molecule has 1 fully saturated rings. The average molecular weight is 420 g/mol. The van der Waals surface area contributed by atoms with Gasteiger partial charge in [0.2, 0.25) is 5.91 Å². The number of hydrogen-bond acceptors (Lipinski definition) is 3. The molecule has 1 aliphatic rings. The van der Waals surface area contributed by atoms with Gasteiger partial charge in [0.25, 0.3) is 0 Å². The van der Waals surface area contributed by atoms with Crippen LogP contribution in [0.4, 0.5) is 0 Å². The van der Waals surface area contributed by atoms with Crippen molar-refractivity contribution in [3.05, 3.63) is 59.9 Å². The van der Waals surface area contributed by atoms with Gasteiger partial charge in [0.05, 0.1) is 17.6 Å². The first-order chi connectivity index (χ1) is 14.8. The van der Waals surface area contributed by atoms with Gasteiger partial charge in [0.1, 0.15) is 11.6 Å². The molecule has 4 rings (SSSR count). The maximum Gasteiger partial charge on any atom is 0.223 e. The molecule has 1 aromatic heterocycles. The first-order valence-electron chi connectivity index (χ1n) is 11.3. The lowest BCUT2D eigenvalue weighted by atomic mass is 9.87. The lowest BCUT2D eigenvalue weighted by molar-refractivity contribution is -0.126. The Morgan fingerprint density at radius 2 is 1.81 bits per heavy atom. The summed E-state index contributed by atoms with van der Waals surface area (Å²) in [4.78, 5) is 18.8. The topological polar surface area (TPSA) is 47.4 Å². The van der Waals surface area contributed by atoms with E-state index in [2.05, 4.69) is 67.8 Å². The number of fused-ring (bicyclic) bond motifs is 1. The molecule has 0 bridgehead atoms. The monoisotopic (exact) mass is 419 g/mol. The summed E-state index contributed by atoms with van der Waals surface area (Å²) < 4.78 is 8.27. The first kappa shape index (κ1) is 21.4. The molecule has 1 amide bonds. The van der Waals surface area contributed by atoms with Gasteiger partial charge in [-0.15, -0.1) is 0 Å². The minimum atomic E-state index is 0.155. The van der Waals surface area contributed by atoms with Crippen molar-refractivity contribution in [3.63, 3.8) is 0 Å². The molecule has 31 heavy (non-hydrogen) atoms. The van der Waals surface area contributed by atoms with E-state index in [1.807, 2.05) is 18.0 Å². The number of unbranched alkanes of at least 4 members (excludes halogenated alkanes) is 1. The van der Waals surface area contributed by atoms with Crippen molar-refractivity contribution in [2.45, 2.75) is 57.9 Å². The number of hydrogen-bond donors (Lipinski definition) is 0. The van der Waals surface area contributed by atoms with E-state index in [-0.39, 0.29) is 17.2 Å². The van der Waals surface area contributed by atoms with Gasteiger partial charge in [0.15, 0.2) is 0 Å². The van der Waals surface area contributed by atoms with Gasteiger partial charge < -0.3 is 14.2 Å². The smallest absolute Gasteiger partial charge is 0.223 e. The van der Waals surface area contributed by atoms with Crippen molar-refractivity contribution in [1.29, 1.82) is 0 Å². The van der Waals surface area contributed by atoms with E-state index in [9.17, 15) is 4.79 Å². The molecule has 1 unspecified atom stereocenters. The van der Waals surface area contributed by atoms with Crippen LogP contribution in [-0.4, -0.2) is 40.6 Å². The van der Waals surface area contributed by atoms with Gasteiger partial charge in [-0.05, 0) is 48.1 Å². The Bertz CT molecular complexity index is 1050. The number of carbonyl (C=O) groups is 1. The van der Waals surface area contributed by atoms with Gasteiger partial charge >= 0.3 is 0 Å². The van der Waals surface area contributed by atoms with Gasteiger partial charge in [0, 0.05) is 32.5 Å². The third kappa shape index (κ3) is 4.76. The summed E-state index contributed by atoms with van der Waals surface area (Å²) in [6.07, 6.45) is 2.52. The Morgan fingerprint density at radius 1 is 1.06 bits per heavy atom. The Labute approximate surface area is 185 Å². The van der Waals surface area contributed by atoms with Crippen molar-refractivity contribution in [1.82, 2.24) is 14.5 Å². The molecule has 0 aliphatic carbocycles. The number of ether oxygens (including phenoxy) is 1. The zero-order valence-electron chi connectivity index (χ0n) is 19.1. The fourth-order valence-electron chi connectivity index (χ4n) is 4.29. The lowest BCUT2D eigenvalue weighted by Gasteiger charge is -2.19. The standard InChI is InChI=1S/C26H33N3O2/c1-26(2,3)20-11-13-21(14-12-20)31-16-8-7-15-29-23-10-6-5-9-22(23)27-25(29)19-17-24(30)28(4)18-19/h5-6,9-14,19H,7-8,15-18H2,1-4H3. The minimum absolute atomic E-state index is 0.155. The SMILES string of the molecule is CN1CC(c2nc3ccccc3n2CCCCOc2ccc(C(C)(C)C)cc2)CC1=O. The fourth-order valence-corrected chi connectivity index (χ4v) is 4.29. The predicted octanol–water partition coefficient (Wildman–Crippen LogP) is 5.14. The summed E-state index contributed by atoms with van der Waals surface area (Å²) >= 11 is 0.